The summed E-state index contributed by atoms with van der Waals surface area (Å²) in [6, 6.07) is 12.9. The monoisotopic (exact) mass is 417 g/mol. The topological polar surface area (TPSA) is 107 Å². The van der Waals surface area contributed by atoms with Crippen LogP contribution in [0.15, 0.2) is 59.7 Å². The SMILES string of the molecule is CC1=C(C)C[C@@H](C(=O)Nc2ccc(N3C(=O)c4ccccc4C3=O)cc2)[C@@H](C(=O)[O-])C1. The lowest BCUT2D eigenvalue weighted by atomic mass is 9.76. The van der Waals surface area contributed by atoms with E-state index < -0.39 is 35.5 Å². The summed E-state index contributed by atoms with van der Waals surface area (Å²) in [6.45, 7) is 3.77. The van der Waals surface area contributed by atoms with E-state index in [1.165, 1.54) is 0 Å². The fraction of sp³-hybridized carbons (Fsp3) is 0.250. The Morgan fingerprint density at radius 1 is 0.871 bits per heavy atom. The smallest absolute Gasteiger partial charge is 0.266 e. The van der Waals surface area contributed by atoms with Gasteiger partial charge in [0.2, 0.25) is 5.91 Å². The minimum atomic E-state index is -1.23. The second kappa shape index (κ2) is 7.83. The lowest BCUT2D eigenvalue weighted by molar-refractivity contribution is -0.313. The third-order valence-electron chi connectivity index (χ3n) is 6.09. The highest BCUT2D eigenvalue weighted by molar-refractivity contribution is 6.34. The van der Waals surface area contributed by atoms with Gasteiger partial charge in [-0.05, 0) is 63.1 Å². The Bertz CT molecular complexity index is 1100. The summed E-state index contributed by atoms with van der Waals surface area (Å²) in [4.78, 5) is 50.6. The van der Waals surface area contributed by atoms with E-state index >= 15 is 0 Å². The molecule has 0 aromatic heterocycles. The lowest BCUT2D eigenvalue weighted by Crippen LogP contribution is -2.42. The van der Waals surface area contributed by atoms with Crippen molar-refractivity contribution < 1.29 is 24.3 Å². The van der Waals surface area contributed by atoms with Gasteiger partial charge in [-0.25, -0.2) is 4.90 Å². The van der Waals surface area contributed by atoms with Gasteiger partial charge in [0.25, 0.3) is 11.8 Å². The Labute approximate surface area is 179 Å². The number of anilines is 2. The second-order valence-corrected chi connectivity index (χ2v) is 8.03. The minimum absolute atomic E-state index is 0.297. The van der Waals surface area contributed by atoms with Crippen molar-refractivity contribution in [3.63, 3.8) is 0 Å². The molecule has 3 amide bonds. The molecule has 2 aromatic carbocycles. The molecule has 1 aliphatic carbocycles. The third-order valence-corrected chi connectivity index (χ3v) is 6.09. The summed E-state index contributed by atoms with van der Waals surface area (Å²) in [6.07, 6.45) is 0.661. The number of carboxylic acid groups (broad SMARTS) is 1. The molecular formula is C24H21N2O5-. The zero-order chi connectivity index (χ0) is 22.3. The maximum atomic E-state index is 12.8. The standard InChI is InChI=1S/C24H22N2O5/c1-13-11-19(20(24(30)31)12-14(13)2)21(27)25-15-7-9-16(10-8-15)26-22(28)17-5-3-4-6-18(17)23(26)29/h3-10,19-20H,11-12H2,1-2H3,(H,25,27)(H,30,31)/p-1/t19-,20+/m1/s1. The molecule has 0 unspecified atom stereocenters. The highest BCUT2D eigenvalue weighted by Gasteiger charge is 2.36. The lowest BCUT2D eigenvalue weighted by Gasteiger charge is -2.32. The van der Waals surface area contributed by atoms with Crippen molar-refractivity contribution in [3.8, 4) is 0 Å². The number of fused-ring (bicyclic) bond motifs is 1. The number of nitrogens with zero attached hydrogens (tertiary/aromatic N) is 1. The number of carbonyl (C=O) groups excluding carboxylic acids is 4. The van der Waals surface area contributed by atoms with Crippen molar-refractivity contribution in [3.05, 3.63) is 70.8 Å². The summed E-state index contributed by atoms with van der Waals surface area (Å²) in [7, 11) is 0. The maximum absolute atomic E-state index is 12.8. The van der Waals surface area contributed by atoms with Crippen LogP contribution in [0.5, 0.6) is 0 Å². The Kier molecular flexibility index (Phi) is 5.19. The molecule has 158 valence electrons. The van der Waals surface area contributed by atoms with Crippen LogP contribution >= 0.6 is 0 Å². The zero-order valence-corrected chi connectivity index (χ0v) is 17.2. The van der Waals surface area contributed by atoms with Gasteiger partial charge in [-0.1, -0.05) is 23.3 Å². The van der Waals surface area contributed by atoms with E-state index in [2.05, 4.69) is 5.32 Å². The van der Waals surface area contributed by atoms with Gasteiger partial charge in [0.1, 0.15) is 0 Å². The van der Waals surface area contributed by atoms with E-state index in [1.54, 1.807) is 48.5 Å². The fourth-order valence-corrected chi connectivity index (χ4v) is 4.17. The fourth-order valence-electron chi connectivity index (χ4n) is 4.17. The number of allylic oxidation sites excluding steroid dienone is 2. The van der Waals surface area contributed by atoms with Gasteiger partial charge in [0.05, 0.1) is 22.7 Å². The van der Waals surface area contributed by atoms with E-state index in [4.69, 9.17) is 0 Å². The van der Waals surface area contributed by atoms with Gasteiger partial charge in [-0.2, -0.15) is 0 Å². The summed E-state index contributed by atoms with van der Waals surface area (Å²) >= 11 is 0. The number of imide groups is 1. The van der Waals surface area contributed by atoms with Crippen LogP contribution in [0, 0.1) is 11.8 Å². The van der Waals surface area contributed by atoms with Gasteiger partial charge in [0.15, 0.2) is 0 Å². The van der Waals surface area contributed by atoms with E-state index in [1.807, 2.05) is 13.8 Å². The third kappa shape index (κ3) is 3.63. The number of rotatable bonds is 4. The molecule has 0 fully saturated rings. The largest absolute Gasteiger partial charge is 0.550 e. The average Bonchev–Trinajstić information content (AvgIpc) is 3.01. The Balaban J connectivity index is 1.51. The Morgan fingerprint density at radius 3 is 1.90 bits per heavy atom. The molecule has 1 heterocycles. The number of carbonyl (C=O) groups is 4. The van der Waals surface area contributed by atoms with E-state index in [9.17, 15) is 24.3 Å². The molecule has 0 bridgehead atoms. The average molecular weight is 417 g/mol. The van der Waals surface area contributed by atoms with E-state index in [-0.39, 0.29) is 0 Å². The van der Waals surface area contributed by atoms with Crippen molar-refractivity contribution in [2.45, 2.75) is 26.7 Å². The number of hydrogen-bond acceptors (Lipinski definition) is 5. The first kappa shape index (κ1) is 20.5. The molecule has 2 aliphatic rings. The number of amides is 3. The van der Waals surface area contributed by atoms with E-state index in [0.717, 1.165) is 16.0 Å². The maximum Gasteiger partial charge on any atom is 0.266 e. The van der Waals surface area contributed by atoms with Gasteiger partial charge < -0.3 is 15.2 Å². The van der Waals surface area contributed by atoms with Crippen molar-refractivity contribution in [2.75, 3.05) is 10.2 Å². The first-order chi connectivity index (χ1) is 14.8. The molecule has 2 aromatic rings. The van der Waals surface area contributed by atoms with Crippen LogP contribution in [0.25, 0.3) is 0 Å². The molecular weight excluding hydrogens is 396 g/mol. The number of carboxylic acids is 1. The van der Waals surface area contributed by atoms with Crippen molar-refractivity contribution in [1.29, 1.82) is 0 Å². The van der Waals surface area contributed by atoms with Gasteiger partial charge >= 0.3 is 0 Å². The molecule has 4 rings (SSSR count). The highest BCUT2D eigenvalue weighted by Crippen LogP contribution is 2.35. The molecule has 0 saturated heterocycles. The van der Waals surface area contributed by atoms with Crippen LogP contribution in [-0.2, 0) is 9.59 Å². The first-order valence-corrected chi connectivity index (χ1v) is 10.0. The molecule has 0 spiro atoms. The van der Waals surface area contributed by atoms with Crippen LogP contribution in [-0.4, -0.2) is 23.7 Å². The van der Waals surface area contributed by atoms with Crippen molar-refractivity contribution in [1.82, 2.24) is 0 Å². The minimum Gasteiger partial charge on any atom is -0.550 e. The van der Waals surface area contributed by atoms with E-state index in [0.29, 0.717) is 35.3 Å². The molecule has 1 aliphatic heterocycles. The molecule has 2 atom stereocenters. The van der Waals surface area contributed by atoms with Crippen LogP contribution in [0.1, 0.15) is 47.4 Å². The van der Waals surface area contributed by atoms with Crippen molar-refractivity contribution in [2.24, 2.45) is 11.8 Å². The summed E-state index contributed by atoms with van der Waals surface area (Å²) in [5.41, 5.74) is 3.54. The molecule has 7 nitrogen and oxygen atoms in total. The predicted molar refractivity (Wildman–Crippen MR) is 112 cm³/mol. The highest BCUT2D eigenvalue weighted by atomic mass is 16.4. The molecule has 1 N–H and O–H groups in total. The molecule has 0 radical (unpaired) electrons. The molecule has 7 heteroatoms. The van der Waals surface area contributed by atoms with Crippen LogP contribution in [0.3, 0.4) is 0 Å². The zero-order valence-electron chi connectivity index (χ0n) is 17.2. The Hall–Kier alpha value is -3.74. The second-order valence-electron chi connectivity index (χ2n) is 8.03. The number of aliphatic carboxylic acids is 1. The molecule has 31 heavy (non-hydrogen) atoms. The first-order valence-electron chi connectivity index (χ1n) is 10.0. The summed E-state index contributed by atoms with van der Waals surface area (Å²) in [5.74, 6) is -4.00. The number of hydrogen-bond donors (Lipinski definition) is 1. The van der Waals surface area contributed by atoms with Gasteiger partial charge in [0, 0.05) is 17.6 Å². The van der Waals surface area contributed by atoms with Crippen LogP contribution in [0.4, 0.5) is 11.4 Å². The quantitative estimate of drug-likeness (QED) is 0.608. The normalized spacial score (nSPS) is 20.6. The number of nitrogens with one attached hydrogen (secondary N) is 1. The summed E-state index contributed by atoms with van der Waals surface area (Å²) in [5, 5.41) is 14.3. The number of benzene rings is 2. The molecule has 0 saturated carbocycles. The van der Waals surface area contributed by atoms with Crippen molar-refractivity contribution >= 4 is 35.1 Å². The van der Waals surface area contributed by atoms with Crippen LogP contribution < -0.4 is 15.3 Å². The van der Waals surface area contributed by atoms with Gasteiger partial charge in [-0.15, -0.1) is 0 Å². The van der Waals surface area contributed by atoms with Gasteiger partial charge in [-0.3, -0.25) is 14.4 Å². The summed E-state index contributed by atoms with van der Waals surface area (Å²) < 4.78 is 0. The predicted octanol–water partition coefficient (Wildman–Crippen LogP) is 2.54. The van der Waals surface area contributed by atoms with Crippen LogP contribution in [0.2, 0.25) is 0 Å². The Morgan fingerprint density at radius 2 is 1.39 bits per heavy atom.